The van der Waals surface area contributed by atoms with Crippen LogP contribution >= 0.6 is 23.1 Å². The van der Waals surface area contributed by atoms with Crippen molar-refractivity contribution in [3.8, 4) is 11.3 Å². The van der Waals surface area contributed by atoms with Gasteiger partial charge in [0.25, 0.3) is 5.91 Å². The Morgan fingerprint density at radius 2 is 1.78 bits per heavy atom. The van der Waals surface area contributed by atoms with Crippen LogP contribution in [0, 0.1) is 6.92 Å². The minimum Gasteiger partial charge on any atom is -0.312 e. The Morgan fingerprint density at radius 3 is 2.48 bits per heavy atom. The minimum absolute atomic E-state index is 0.100. The highest BCUT2D eigenvalue weighted by Crippen LogP contribution is 2.37. The number of carbonyl (C=O) groups is 1. The summed E-state index contributed by atoms with van der Waals surface area (Å²) in [5.41, 5.74) is 3.47. The third kappa shape index (κ3) is 3.46. The lowest BCUT2D eigenvalue weighted by Gasteiger charge is -2.07. The van der Waals surface area contributed by atoms with E-state index in [1.807, 2.05) is 67.8 Å². The normalized spacial score (nSPS) is 10.5. The molecule has 2 aromatic carbocycles. The number of nitrogens with zero attached hydrogens (tertiary/aromatic N) is 1. The highest BCUT2D eigenvalue weighted by molar-refractivity contribution is 8.00. The van der Waals surface area contributed by atoms with E-state index in [0.29, 0.717) is 5.56 Å². The number of hydrogen-bond acceptors (Lipinski definition) is 4. The molecule has 1 heterocycles. The van der Waals surface area contributed by atoms with Crippen LogP contribution in [0.3, 0.4) is 0 Å². The second-order valence-corrected chi connectivity index (χ2v) is 7.05. The lowest BCUT2D eigenvalue weighted by atomic mass is 10.1. The quantitative estimate of drug-likeness (QED) is 0.672. The molecule has 3 aromatic rings. The summed E-state index contributed by atoms with van der Waals surface area (Å²) in [7, 11) is 0. The number of nitrogens with one attached hydrogen (secondary N) is 1. The molecule has 1 amide bonds. The summed E-state index contributed by atoms with van der Waals surface area (Å²) in [4.78, 5) is 17.2. The highest BCUT2D eigenvalue weighted by atomic mass is 32.2. The van der Waals surface area contributed by atoms with Crippen LogP contribution in [0.25, 0.3) is 11.3 Å². The van der Waals surface area contributed by atoms with Crippen molar-refractivity contribution in [2.75, 3.05) is 11.6 Å². The van der Waals surface area contributed by atoms with Crippen molar-refractivity contribution in [3.05, 3.63) is 65.7 Å². The average Bonchev–Trinajstić information content (AvgIpc) is 2.99. The molecule has 0 fully saturated rings. The maximum absolute atomic E-state index is 12.6. The summed E-state index contributed by atoms with van der Waals surface area (Å²) in [6.45, 7) is 1.94. The fourth-order valence-electron chi connectivity index (χ4n) is 2.26. The first kappa shape index (κ1) is 15.8. The Bertz CT molecular complexity index is 828. The summed E-state index contributed by atoms with van der Waals surface area (Å²) < 4.78 is 0.934. The number of anilines is 1. The van der Waals surface area contributed by atoms with Gasteiger partial charge in [-0.1, -0.05) is 71.6 Å². The van der Waals surface area contributed by atoms with Crippen LogP contribution in [-0.4, -0.2) is 17.1 Å². The molecule has 0 atom stereocenters. The maximum Gasteiger partial charge on any atom is 0.256 e. The van der Waals surface area contributed by atoms with E-state index in [1.165, 1.54) is 11.3 Å². The Morgan fingerprint density at radius 1 is 1.09 bits per heavy atom. The standard InChI is InChI=1S/C18H16N2OS2/c1-12-8-6-7-11-14(12)16(21)20-17-15(19-18(22-2)23-17)13-9-4-3-5-10-13/h3-11H,1-2H3,(H,20,21). The Labute approximate surface area is 143 Å². The number of aryl methyl sites for hydroxylation is 1. The number of thiazole rings is 1. The van der Waals surface area contributed by atoms with Crippen LogP contribution in [0.1, 0.15) is 15.9 Å². The number of hydrogen-bond donors (Lipinski definition) is 1. The molecule has 116 valence electrons. The van der Waals surface area contributed by atoms with Gasteiger partial charge in [0, 0.05) is 11.1 Å². The molecule has 3 nitrogen and oxygen atoms in total. The fourth-order valence-corrected chi connectivity index (χ4v) is 3.74. The van der Waals surface area contributed by atoms with Crippen molar-refractivity contribution < 1.29 is 4.79 Å². The van der Waals surface area contributed by atoms with Gasteiger partial charge in [0.2, 0.25) is 0 Å². The van der Waals surface area contributed by atoms with E-state index < -0.39 is 0 Å². The van der Waals surface area contributed by atoms with E-state index in [-0.39, 0.29) is 5.91 Å². The first-order valence-corrected chi connectivity index (χ1v) is 9.20. The predicted molar refractivity (Wildman–Crippen MR) is 98.5 cm³/mol. The zero-order valence-corrected chi connectivity index (χ0v) is 14.5. The molecule has 0 bridgehead atoms. The Hall–Kier alpha value is -2.11. The molecule has 0 radical (unpaired) electrons. The molecule has 0 unspecified atom stereocenters. The number of benzene rings is 2. The molecule has 1 N–H and O–H groups in total. The lowest BCUT2D eigenvalue weighted by Crippen LogP contribution is -2.12. The van der Waals surface area contributed by atoms with Gasteiger partial charge in [-0.25, -0.2) is 4.98 Å². The van der Waals surface area contributed by atoms with Crippen LogP contribution in [0.15, 0.2) is 58.9 Å². The summed E-state index contributed by atoms with van der Waals surface area (Å²) in [6.07, 6.45) is 1.99. The van der Waals surface area contributed by atoms with Crippen molar-refractivity contribution in [2.45, 2.75) is 11.3 Å². The van der Waals surface area contributed by atoms with E-state index >= 15 is 0 Å². The molecular weight excluding hydrogens is 324 g/mol. The average molecular weight is 340 g/mol. The SMILES string of the molecule is CSc1nc(-c2ccccc2)c(NC(=O)c2ccccc2C)s1. The lowest BCUT2D eigenvalue weighted by molar-refractivity contribution is 0.102. The molecular formula is C18H16N2OS2. The Balaban J connectivity index is 1.95. The van der Waals surface area contributed by atoms with Gasteiger partial charge in [-0.2, -0.15) is 0 Å². The van der Waals surface area contributed by atoms with Crippen LogP contribution in [-0.2, 0) is 0 Å². The van der Waals surface area contributed by atoms with E-state index in [2.05, 4.69) is 10.3 Å². The smallest absolute Gasteiger partial charge is 0.256 e. The molecule has 23 heavy (non-hydrogen) atoms. The topological polar surface area (TPSA) is 42.0 Å². The van der Waals surface area contributed by atoms with Gasteiger partial charge in [-0.15, -0.1) is 0 Å². The number of aromatic nitrogens is 1. The van der Waals surface area contributed by atoms with E-state index in [4.69, 9.17) is 0 Å². The number of rotatable bonds is 4. The van der Waals surface area contributed by atoms with Crippen molar-refractivity contribution in [1.29, 1.82) is 0 Å². The summed E-state index contributed by atoms with van der Waals surface area (Å²) in [6, 6.07) is 17.5. The van der Waals surface area contributed by atoms with E-state index in [0.717, 1.165) is 26.2 Å². The van der Waals surface area contributed by atoms with Crippen molar-refractivity contribution in [2.24, 2.45) is 0 Å². The summed E-state index contributed by atoms with van der Waals surface area (Å²) >= 11 is 3.08. The maximum atomic E-state index is 12.6. The monoisotopic (exact) mass is 340 g/mol. The van der Waals surface area contributed by atoms with Gasteiger partial charge < -0.3 is 5.32 Å². The van der Waals surface area contributed by atoms with Gasteiger partial charge in [0.15, 0.2) is 4.34 Å². The highest BCUT2D eigenvalue weighted by Gasteiger charge is 2.16. The van der Waals surface area contributed by atoms with Gasteiger partial charge in [-0.05, 0) is 24.8 Å². The zero-order valence-electron chi connectivity index (χ0n) is 12.9. The van der Waals surface area contributed by atoms with Crippen molar-refractivity contribution in [1.82, 2.24) is 4.98 Å². The molecule has 1 aromatic heterocycles. The number of carbonyl (C=O) groups excluding carboxylic acids is 1. The number of amides is 1. The second kappa shape index (κ2) is 6.98. The van der Waals surface area contributed by atoms with E-state index in [9.17, 15) is 4.79 Å². The van der Waals surface area contributed by atoms with Crippen molar-refractivity contribution >= 4 is 34.0 Å². The molecule has 0 aliphatic carbocycles. The van der Waals surface area contributed by atoms with Crippen LogP contribution in [0.2, 0.25) is 0 Å². The van der Waals surface area contributed by atoms with Crippen LogP contribution < -0.4 is 5.32 Å². The molecule has 0 aliphatic rings. The third-order valence-electron chi connectivity index (χ3n) is 3.45. The fraction of sp³-hybridized carbons (Fsp3) is 0.111. The van der Waals surface area contributed by atoms with Crippen LogP contribution in [0.5, 0.6) is 0 Å². The first-order chi connectivity index (χ1) is 11.2. The molecule has 0 aliphatic heterocycles. The van der Waals surface area contributed by atoms with Gasteiger partial charge >= 0.3 is 0 Å². The van der Waals surface area contributed by atoms with Crippen LogP contribution in [0.4, 0.5) is 5.00 Å². The first-order valence-electron chi connectivity index (χ1n) is 7.16. The molecule has 0 spiro atoms. The van der Waals surface area contributed by atoms with E-state index in [1.54, 1.807) is 11.8 Å². The Kier molecular flexibility index (Phi) is 4.79. The summed E-state index contributed by atoms with van der Waals surface area (Å²) in [5, 5.41) is 3.81. The van der Waals surface area contributed by atoms with Gasteiger partial charge in [-0.3, -0.25) is 4.79 Å². The third-order valence-corrected chi connectivity index (χ3v) is 5.40. The zero-order chi connectivity index (χ0) is 16.2. The largest absolute Gasteiger partial charge is 0.312 e. The molecule has 0 saturated carbocycles. The summed E-state index contributed by atoms with van der Waals surface area (Å²) in [5.74, 6) is -0.100. The number of thioether (sulfide) groups is 1. The predicted octanol–water partition coefficient (Wildman–Crippen LogP) is 5.09. The molecule has 0 saturated heterocycles. The van der Waals surface area contributed by atoms with Gasteiger partial charge in [0.1, 0.15) is 10.7 Å². The van der Waals surface area contributed by atoms with Gasteiger partial charge in [0.05, 0.1) is 0 Å². The minimum atomic E-state index is -0.100. The second-order valence-electron chi connectivity index (χ2n) is 5.00. The molecule has 3 rings (SSSR count). The molecule has 5 heteroatoms. The van der Waals surface area contributed by atoms with Crippen molar-refractivity contribution in [3.63, 3.8) is 0 Å².